The number of benzene rings is 1. The molecule has 2 atom stereocenters. The van der Waals surface area contributed by atoms with Crippen molar-refractivity contribution in [2.24, 2.45) is 11.8 Å². The fourth-order valence-corrected chi connectivity index (χ4v) is 3.39. The zero-order chi connectivity index (χ0) is 21.3. The van der Waals surface area contributed by atoms with E-state index in [4.69, 9.17) is 9.72 Å². The molecule has 0 amide bonds. The lowest BCUT2D eigenvalue weighted by atomic mass is 10.0. The molecule has 0 bridgehead atoms. The summed E-state index contributed by atoms with van der Waals surface area (Å²) in [5.74, 6) is 1.44. The predicted molar refractivity (Wildman–Crippen MR) is 119 cm³/mol. The molecular weight excluding hydrogens is 348 g/mol. The van der Waals surface area contributed by atoms with Crippen molar-refractivity contribution >= 4 is 17.0 Å². The van der Waals surface area contributed by atoms with E-state index in [0.717, 1.165) is 36.1 Å². The van der Waals surface area contributed by atoms with E-state index in [9.17, 15) is 4.79 Å². The molecule has 0 aliphatic heterocycles. The van der Waals surface area contributed by atoms with E-state index in [1.807, 2.05) is 24.3 Å². The van der Waals surface area contributed by atoms with Gasteiger partial charge in [0.1, 0.15) is 18.0 Å². The number of carbonyl (C=O) groups excluding carboxylic acids is 1. The molecule has 0 aliphatic rings. The van der Waals surface area contributed by atoms with Crippen LogP contribution in [0.4, 0.5) is 0 Å². The lowest BCUT2D eigenvalue weighted by Crippen LogP contribution is -2.31. The first-order valence-electron chi connectivity index (χ1n) is 11.0. The number of nitrogens with zero attached hydrogens (tertiary/aromatic N) is 2. The zero-order valence-electron chi connectivity index (χ0n) is 19.2. The highest BCUT2D eigenvalue weighted by Crippen LogP contribution is 2.29. The second-order valence-corrected chi connectivity index (χ2v) is 8.23. The van der Waals surface area contributed by atoms with Crippen molar-refractivity contribution in [3.63, 3.8) is 0 Å². The Bertz CT molecular complexity index is 718. The summed E-state index contributed by atoms with van der Waals surface area (Å²) in [4.78, 5) is 17.8. The maximum atomic E-state index is 13.1. The second kappa shape index (κ2) is 11.9. The molecule has 0 fully saturated rings. The first kappa shape index (κ1) is 24.2. The van der Waals surface area contributed by atoms with Crippen LogP contribution in [0.3, 0.4) is 0 Å². The second-order valence-electron chi connectivity index (χ2n) is 8.23. The Morgan fingerprint density at radius 2 is 1.68 bits per heavy atom. The Kier molecular flexibility index (Phi) is 10.3. The molecule has 0 spiro atoms. The van der Waals surface area contributed by atoms with Gasteiger partial charge in [0.25, 0.3) is 0 Å². The van der Waals surface area contributed by atoms with Crippen LogP contribution in [-0.2, 0) is 16.0 Å². The lowest BCUT2D eigenvalue weighted by Gasteiger charge is -2.26. The first-order chi connectivity index (χ1) is 13.3. The summed E-state index contributed by atoms with van der Waals surface area (Å²) >= 11 is 0. The predicted octanol–water partition coefficient (Wildman–Crippen LogP) is 6.58. The fraction of sp³-hybridized carbons (Fsp3) is 0.667. The van der Waals surface area contributed by atoms with Crippen LogP contribution in [0.5, 0.6) is 0 Å². The van der Waals surface area contributed by atoms with Gasteiger partial charge in [-0.1, -0.05) is 73.9 Å². The molecule has 2 aromatic rings. The largest absolute Gasteiger partial charge is 0.461 e. The number of hydrogen-bond acceptors (Lipinski definition) is 3. The SMILES string of the molecule is CCC.CCc1nc2ccccc2n1C(C(=O)OC(CC)CC(C)C)C(C)C. The molecule has 0 radical (unpaired) electrons. The Morgan fingerprint density at radius 3 is 2.18 bits per heavy atom. The third-order valence-electron chi connectivity index (χ3n) is 4.61. The van der Waals surface area contributed by atoms with E-state index in [-0.39, 0.29) is 24.0 Å². The van der Waals surface area contributed by atoms with Crippen molar-refractivity contribution in [2.75, 3.05) is 0 Å². The van der Waals surface area contributed by atoms with Gasteiger partial charge in [-0.3, -0.25) is 0 Å². The van der Waals surface area contributed by atoms with Gasteiger partial charge in [0.15, 0.2) is 0 Å². The minimum Gasteiger partial charge on any atom is -0.461 e. The molecule has 1 aromatic heterocycles. The summed E-state index contributed by atoms with van der Waals surface area (Å²) in [5, 5.41) is 0. The van der Waals surface area contributed by atoms with Gasteiger partial charge < -0.3 is 9.30 Å². The molecule has 1 aromatic carbocycles. The van der Waals surface area contributed by atoms with Crippen molar-refractivity contribution in [3.05, 3.63) is 30.1 Å². The Hall–Kier alpha value is -1.84. The van der Waals surface area contributed by atoms with E-state index in [2.05, 4.69) is 60.0 Å². The van der Waals surface area contributed by atoms with Gasteiger partial charge in [0.05, 0.1) is 11.0 Å². The summed E-state index contributed by atoms with van der Waals surface area (Å²) in [5.41, 5.74) is 1.94. The fourth-order valence-electron chi connectivity index (χ4n) is 3.39. The van der Waals surface area contributed by atoms with E-state index >= 15 is 0 Å². The number of ether oxygens (including phenoxy) is 1. The number of carbonyl (C=O) groups is 1. The van der Waals surface area contributed by atoms with Gasteiger partial charge in [-0.25, -0.2) is 9.78 Å². The van der Waals surface area contributed by atoms with Crippen LogP contribution in [0.1, 0.15) is 86.5 Å². The number of hydrogen-bond donors (Lipinski definition) is 0. The summed E-state index contributed by atoms with van der Waals surface area (Å²) in [7, 11) is 0. The van der Waals surface area contributed by atoms with E-state index in [0.29, 0.717) is 5.92 Å². The molecule has 2 rings (SSSR count). The molecule has 158 valence electrons. The Balaban J connectivity index is 0.00000122. The Labute approximate surface area is 171 Å². The van der Waals surface area contributed by atoms with Crippen LogP contribution >= 0.6 is 0 Å². The van der Waals surface area contributed by atoms with Crippen LogP contribution in [0.25, 0.3) is 11.0 Å². The summed E-state index contributed by atoms with van der Waals surface area (Å²) in [6, 6.07) is 7.67. The number of para-hydroxylation sites is 2. The molecule has 28 heavy (non-hydrogen) atoms. The zero-order valence-corrected chi connectivity index (χ0v) is 19.2. The number of rotatable bonds is 8. The molecule has 4 heteroatoms. The van der Waals surface area contributed by atoms with Gasteiger partial charge >= 0.3 is 5.97 Å². The minimum absolute atomic E-state index is 0.0198. The van der Waals surface area contributed by atoms with E-state index in [1.54, 1.807) is 0 Å². The number of imidazole rings is 1. The van der Waals surface area contributed by atoms with Gasteiger partial charge in [-0.2, -0.15) is 0 Å². The maximum Gasteiger partial charge on any atom is 0.329 e. The number of aryl methyl sites for hydroxylation is 1. The highest BCUT2D eigenvalue weighted by atomic mass is 16.5. The molecular formula is C24H40N2O2. The number of fused-ring (bicyclic) bond motifs is 1. The topological polar surface area (TPSA) is 44.1 Å². The van der Waals surface area contributed by atoms with Crippen molar-refractivity contribution in [1.29, 1.82) is 0 Å². The molecule has 0 N–H and O–H groups in total. The smallest absolute Gasteiger partial charge is 0.329 e. The standard InChI is InChI=1S/C21H32N2O2.C3H8/c1-7-16(13-14(3)4)25-21(24)20(15(5)6)23-18-12-10-9-11-17(18)22-19(23)8-2;1-3-2/h9-12,14-16,20H,7-8,13H2,1-6H3;3H2,1-2H3. The van der Waals surface area contributed by atoms with E-state index in [1.165, 1.54) is 6.42 Å². The molecule has 2 unspecified atom stereocenters. The summed E-state index contributed by atoms with van der Waals surface area (Å²) in [6.07, 6.45) is 3.76. The van der Waals surface area contributed by atoms with Crippen molar-refractivity contribution in [2.45, 2.75) is 93.2 Å². The van der Waals surface area contributed by atoms with Crippen molar-refractivity contribution in [3.8, 4) is 0 Å². The van der Waals surface area contributed by atoms with Crippen LogP contribution in [-0.4, -0.2) is 21.6 Å². The van der Waals surface area contributed by atoms with Crippen LogP contribution in [0, 0.1) is 11.8 Å². The monoisotopic (exact) mass is 388 g/mol. The maximum absolute atomic E-state index is 13.1. The van der Waals surface area contributed by atoms with Gasteiger partial charge in [0, 0.05) is 6.42 Å². The van der Waals surface area contributed by atoms with Crippen molar-refractivity contribution < 1.29 is 9.53 Å². The van der Waals surface area contributed by atoms with E-state index < -0.39 is 0 Å². The quantitative estimate of drug-likeness (QED) is 0.480. The summed E-state index contributed by atoms with van der Waals surface area (Å²) < 4.78 is 8.01. The number of esters is 1. The molecule has 1 heterocycles. The van der Waals surface area contributed by atoms with Gasteiger partial charge in [-0.05, 0) is 36.8 Å². The van der Waals surface area contributed by atoms with Crippen LogP contribution in [0.15, 0.2) is 24.3 Å². The molecule has 4 nitrogen and oxygen atoms in total. The lowest BCUT2D eigenvalue weighted by molar-refractivity contribution is -0.155. The molecule has 0 aliphatic carbocycles. The van der Waals surface area contributed by atoms with Crippen molar-refractivity contribution in [1.82, 2.24) is 9.55 Å². The highest BCUT2D eigenvalue weighted by molar-refractivity contribution is 5.81. The van der Waals surface area contributed by atoms with Crippen LogP contribution < -0.4 is 0 Å². The van der Waals surface area contributed by atoms with Gasteiger partial charge in [-0.15, -0.1) is 0 Å². The third kappa shape index (κ3) is 6.35. The molecule has 0 saturated heterocycles. The first-order valence-corrected chi connectivity index (χ1v) is 11.0. The average molecular weight is 389 g/mol. The molecule has 0 saturated carbocycles. The normalized spacial score (nSPS) is 13.4. The summed E-state index contributed by atoms with van der Waals surface area (Å²) in [6.45, 7) is 16.9. The minimum atomic E-state index is -0.344. The van der Waals surface area contributed by atoms with Crippen LogP contribution in [0.2, 0.25) is 0 Å². The Morgan fingerprint density at radius 1 is 1.07 bits per heavy atom. The number of aromatic nitrogens is 2. The average Bonchev–Trinajstić information content (AvgIpc) is 3.00. The highest BCUT2D eigenvalue weighted by Gasteiger charge is 2.31. The van der Waals surface area contributed by atoms with Gasteiger partial charge in [0.2, 0.25) is 0 Å². The third-order valence-corrected chi connectivity index (χ3v) is 4.61.